The Bertz CT molecular complexity index is 1010. The fraction of sp³-hybridized carbons (Fsp3) is 0.240. The smallest absolute Gasteiger partial charge is 0.126 e. The molecule has 2 atom stereocenters. The molecular formula is C25H26N2O3. The van der Waals surface area contributed by atoms with Crippen molar-refractivity contribution in [3.05, 3.63) is 89.5 Å². The normalized spacial score (nSPS) is 18.5. The van der Waals surface area contributed by atoms with Crippen LogP contribution in [0.25, 0.3) is 0 Å². The Morgan fingerprint density at radius 2 is 1.67 bits per heavy atom. The second-order valence-corrected chi connectivity index (χ2v) is 7.19. The SMILES string of the molecule is CCOc1ccc(C2=N[C@@H](c3ccc(OC)cc3)N[C@H](c3ccccc3O)C2)cc1. The van der Waals surface area contributed by atoms with E-state index in [2.05, 4.69) is 5.32 Å². The molecule has 1 aliphatic heterocycles. The maximum Gasteiger partial charge on any atom is 0.126 e. The van der Waals surface area contributed by atoms with Crippen LogP contribution in [0.3, 0.4) is 0 Å². The minimum Gasteiger partial charge on any atom is -0.508 e. The van der Waals surface area contributed by atoms with Crippen molar-refractivity contribution in [2.24, 2.45) is 4.99 Å². The molecular weight excluding hydrogens is 376 g/mol. The molecule has 1 aliphatic rings. The van der Waals surface area contributed by atoms with Crippen LogP contribution in [0.1, 0.15) is 42.2 Å². The number of aromatic hydroxyl groups is 1. The summed E-state index contributed by atoms with van der Waals surface area (Å²) >= 11 is 0. The maximum atomic E-state index is 10.4. The van der Waals surface area contributed by atoms with Gasteiger partial charge in [-0.15, -0.1) is 0 Å². The molecule has 0 unspecified atom stereocenters. The molecule has 3 aromatic rings. The summed E-state index contributed by atoms with van der Waals surface area (Å²) in [6.45, 7) is 2.61. The van der Waals surface area contributed by atoms with Gasteiger partial charge in [-0.25, -0.2) is 0 Å². The van der Waals surface area contributed by atoms with E-state index in [4.69, 9.17) is 14.5 Å². The third-order valence-corrected chi connectivity index (χ3v) is 5.28. The number of phenolic OH excluding ortho intramolecular Hbond substituents is 1. The molecule has 0 fully saturated rings. The standard InChI is InChI=1S/C25H26N2O3/c1-3-30-20-14-8-17(9-15-20)22-16-23(21-6-4-5-7-24(21)28)27-25(26-22)18-10-12-19(29-2)13-11-18/h4-15,23,25,27-28H,3,16H2,1-2H3/t23-,25+/m0/s1. The van der Waals surface area contributed by atoms with E-state index in [9.17, 15) is 5.11 Å². The van der Waals surface area contributed by atoms with Crippen LogP contribution in [0, 0.1) is 0 Å². The van der Waals surface area contributed by atoms with Gasteiger partial charge in [-0.05, 0) is 60.5 Å². The second kappa shape index (κ2) is 9.01. The fourth-order valence-corrected chi connectivity index (χ4v) is 3.73. The minimum absolute atomic E-state index is 0.0580. The highest BCUT2D eigenvalue weighted by atomic mass is 16.5. The molecule has 0 bridgehead atoms. The molecule has 0 spiro atoms. The first-order valence-corrected chi connectivity index (χ1v) is 10.2. The minimum atomic E-state index is -0.226. The molecule has 0 saturated heterocycles. The van der Waals surface area contributed by atoms with Gasteiger partial charge in [0.2, 0.25) is 0 Å². The second-order valence-electron chi connectivity index (χ2n) is 7.19. The number of benzene rings is 3. The number of hydrogen-bond acceptors (Lipinski definition) is 5. The van der Waals surface area contributed by atoms with E-state index < -0.39 is 0 Å². The molecule has 3 aromatic carbocycles. The van der Waals surface area contributed by atoms with Crippen molar-refractivity contribution in [3.8, 4) is 17.2 Å². The molecule has 5 nitrogen and oxygen atoms in total. The molecule has 0 saturated carbocycles. The molecule has 2 N–H and O–H groups in total. The number of phenols is 1. The van der Waals surface area contributed by atoms with Crippen LogP contribution in [0.15, 0.2) is 77.8 Å². The highest BCUT2D eigenvalue weighted by Crippen LogP contribution is 2.34. The van der Waals surface area contributed by atoms with Gasteiger partial charge in [-0.2, -0.15) is 0 Å². The van der Waals surface area contributed by atoms with Crippen LogP contribution in [-0.2, 0) is 0 Å². The Labute approximate surface area is 177 Å². The van der Waals surface area contributed by atoms with E-state index in [0.717, 1.165) is 33.9 Å². The zero-order valence-corrected chi connectivity index (χ0v) is 17.2. The van der Waals surface area contributed by atoms with Crippen molar-refractivity contribution >= 4 is 5.71 Å². The van der Waals surface area contributed by atoms with Crippen molar-refractivity contribution in [2.45, 2.75) is 25.6 Å². The molecule has 30 heavy (non-hydrogen) atoms. The molecule has 5 heteroatoms. The first kappa shape index (κ1) is 20.0. The third kappa shape index (κ3) is 4.31. The lowest BCUT2D eigenvalue weighted by molar-refractivity contribution is 0.340. The number of aliphatic imine (C=N–C) groups is 1. The number of para-hydroxylation sites is 1. The number of hydrogen-bond donors (Lipinski definition) is 2. The molecule has 154 valence electrons. The van der Waals surface area contributed by atoms with Crippen LogP contribution in [0.5, 0.6) is 17.2 Å². The van der Waals surface area contributed by atoms with Crippen molar-refractivity contribution in [1.82, 2.24) is 5.32 Å². The van der Waals surface area contributed by atoms with Gasteiger partial charge in [0.15, 0.2) is 0 Å². The average Bonchev–Trinajstić information content (AvgIpc) is 2.80. The topological polar surface area (TPSA) is 63.1 Å². The lowest BCUT2D eigenvalue weighted by Gasteiger charge is -2.31. The first-order chi connectivity index (χ1) is 14.7. The highest BCUT2D eigenvalue weighted by Gasteiger charge is 2.27. The molecule has 0 amide bonds. The number of methoxy groups -OCH3 is 1. The van der Waals surface area contributed by atoms with Crippen LogP contribution in [-0.4, -0.2) is 24.5 Å². The number of ether oxygens (including phenoxy) is 2. The largest absolute Gasteiger partial charge is 0.508 e. The predicted octanol–water partition coefficient (Wildman–Crippen LogP) is 5.02. The number of nitrogens with zero attached hydrogens (tertiary/aromatic N) is 1. The van der Waals surface area contributed by atoms with Crippen LogP contribution in [0.2, 0.25) is 0 Å². The Balaban J connectivity index is 1.70. The zero-order chi connectivity index (χ0) is 20.9. The average molecular weight is 402 g/mol. The predicted molar refractivity (Wildman–Crippen MR) is 118 cm³/mol. The van der Waals surface area contributed by atoms with Gasteiger partial charge in [0.25, 0.3) is 0 Å². The summed E-state index contributed by atoms with van der Waals surface area (Å²) in [7, 11) is 1.66. The first-order valence-electron chi connectivity index (χ1n) is 10.2. The van der Waals surface area contributed by atoms with Gasteiger partial charge in [0.1, 0.15) is 23.4 Å². The van der Waals surface area contributed by atoms with Crippen molar-refractivity contribution in [3.63, 3.8) is 0 Å². The fourth-order valence-electron chi connectivity index (χ4n) is 3.73. The van der Waals surface area contributed by atoms with E-state index in [-0.39, 0.29) is 18.0 Å². The monoisotopic (exact) mass is 402 g/mol. The molecule has 4 rings (SSSR count). The Morgan fingerprint density at radius 3 is 2.33 bits per heavy atom. The summed E-state index contributed by atoms with van der Waals surface area (Å²) in [5, 5.41) is 14.0. The van der Waals surface area contributed by atoms with E-state index >= 15 is 0 Å². The maximum absolute atomic E-state index is 10.4. The highest BCUT2D eigenvalue weighted by molar-refractivity contribution is 6.01. The van der Waals surface area contributed by atoms with Crippen molar-refractivity contribution in [1.29, 1.82) is 0 Å². The lowest BCUT2D eigenvalue weighted by atomic mass is 9.93. The van der Waals surface area contributed by atoms with E-state index in [1.807, 2.05) is 73.7 Å². The van der Waals surface area contributed by atoms with Gasteiger partial charge < -0.3 is 14.6 Å². The van der Waals surface area contributed by atoms with E-state index in [0.29, 0.717) is 13.0 Å². The molecule has 0 aliphatic carbocycles. The van der Waals surface area contributed by atoms with E-state index in [1.165, 1.54) is 0 Å². The molecule has 0 radical (unpaired) electrons. The summed E-state index contributed by atoms with van der Waals surface area (Å²) in [5.41, 5.74) is 3.96. The Morgan fingerprint density at radius 1 is 0.967 bits per heavy atom. The number of nitrogens with one attached hydrogen (secondary N) is 1. The summed E-state index contributed by atoms with van der Waals surface area (Å²) in [5.74, 6) is 1.94. The number of rotatable bonds is 6. The summed E-state index contributed by atoms with van der Waals surface area (Å²) in [4.78, 5) is 5.00. The van der Waals surface area contributed by atoms with Gasteiger partial charge >= 0.3 is 0 Å². The van der Waals surface area contributed by atoms with Gasteiger partial charge in [0, 0.05) is 23.7 Å². The van der Waals surface area contributed by atoms with Gasteiger partial charge in [0.05, 0.1) is 13.7 Å². The van der Waals surface area contributed by atoms with Crippen LogP contribution < -0.4 is 14.8 Å². The molecule has 1 heterocycles. The van der Waals surface area contributed by atoms with Crippen LogP contribution >= 0.6 is 0 Å². The summed E-state index contributed by atoms with van der Waals surface area (Å²) in [6, 6.07) is 23.3. The zero-order valence-electron chi connectivity index (χ0n) is 17.2. The Hall–Kier alpha value is -3.31. The quantitative estimate of drug-likeness (QED) is 0.608. The Kier molecular flexibility index (Phi) is 6.00. The van der Waals surface area contributed by atoms with Gasteiger partial charge in [-0.3, -0.25) is 10.3 Å². The van der Waals surface area contributed by atoms with Crippen molar-refractivity contribution in [2.75, 3.05) is 13.7 Å². The summed E-state index contributed by atoms with van der Waals surface area (Å²) < 4.78 is 10.9. The third-order valence-electron chi connectivity index (χ3n) is 5.28. The van der Waals surface area contributed by atoms with Crippen molar-refractivity contribution < 1.29 is 14.6 Å². The van der Waals surface area contributed by atoms with E-state index in [1.54, 1.807) is 13.2 Å². The summed E-state index contributed by atoms with van der Waals surface area (Å²) in [6.07, 6.45) is 0.453. The van der Waals surface area contributed by atoms with Gasteiger partial charge in [-0.1, -0.05) is 30.3 Å². The van der Waals surface area contributed by atoms with Crippen LogP contribution in [0.4, 0.5) is 0 Å². The lowest BCUT2D eigenvalue weighted by Crippen LogP contribution is -2.33. The molecule has 0 aromatic heterocycles.